The molecule has 1 saturated carbocycles. The second-order valence-corrected chi connectivity index (χ2v) is 4.96. The van der Waals surface area contributed by atoms with Gasteiger partial charge in [0.25, 0.3) is 0 Å². The molecule has 0 amide bonds. The van der Waals surface area contributed by atoms with Crippen molar-refractivity contribution in [1.82, 2.24) is 4.98 Å². The first kappa shape index (κ1) is 11.6. The number of alkyl halides is 1. The van der Waals surface area contributed by atoms with Gasteiger partial charge in [-0.25, -0.2) is 9.37 Å². The first-order valence-corrected chi connectivity index (χ1v) is 6.18. The Morgan fingerprint density at radius 3 is 3.12 bits per heavy atom. The van der Waals surface area contributed by atoms with Crippen LogP contribution >= 0.6 is 11.6 Å². The van der Waals surface area contributed by atoms with E-state index in [1.165, 1.54) is 18.9 Å². The summed E-state index contributed by atoms with van der Waals surface area (Å²) in [7, 11) is 0. The molecule has 1 aromatic heterocycles. The van der Waals surface area contributed by atoms with Gasteiger partial charge in [-0.2, -0.15) is 0 Å². The Hall–Kier alpha value is -0.830. The number of nitrogens with zero attached hydrogens (tertiary/aromatic N) is 1. The van der Waals surface area contributed by atoms with Gasteiger partial charge < -0.3 is 5.32 Å². The van der Waals surface area contributed by atoms with Gasteiger partial charge in [-0.15, -0.1) is 11.6 Å². The van der Waals surface area contributed by atoms with Crippen LogP contribution in [0.1, 0.15) is 25.7 Å². The number of nitrogens with one attached hydrogen (secondary N) is 1. The van der Waals surface area contributed by atoms with Gasteiger partial charge >= 0.3 is 0 Å². The maximum absolute atomic E-state index is 13.3. The van der Waals surface area contributed by atoms with Gasteiger partial charge in [0.05, 0.1) is 0 Å². The Labute approximate surface area is 100 Å². The van der Waals surface area contributed by atoms with Crippen molar-refractivity contribution >= 4 is 17.4 Å². The van der Waals surface area contributed by atoms with Crippen LogP contribution in [0.3, 0.4) is 0 Å². The molecule has 1 aromatic rings. The van der Waals surface area contributed by atoms with Crippen LogP contribution in [0.4, 0.5) is 10.2 Å². The molecule has 1 fully saturated rings. The van der Waals surface area contributed by atoms with Gasteiger partial charge in [0.1, 0.15) is 0 Å². The zero-order valence-electron chi connectivity index (χ0n) is 9.13. The Morgan fingerprint density at radius 1 is 1.50 bits per heavy atom. The largest absolute Gasteiger partial charge is 0.367 e. The molecule has 1 N–H and O–H groups in total. The molecule has 0 radical (unpaired) electrons. The van der Waals surface area contributed by atoms with E-state index in [0.717, 1.165) is 19.4 Å². The summed E-state index contributed by atoms with van der Waals surface area (Å²) in [5.41, 5.74) is 0. The molecular weight excluding hydrogens is 227 g/mol. The lowest BCUT2D eigenvalue weighted by Gasteiger charge is -2.25. The Balaban J connectivity index is 1.85. The zero-order valence-corrected chi connectivity index (χ0v) is 9.88. The molecule has 0 spiro atoms. The smallest absolute Gasteiger partial charge is 0.165 e. The number of pyridine rings is 1. The van der Waals surface area contributed by atoms with E-state index >= 15 is 0 Å². The van der Waals surface area contributed by atoms with Crippen LogP contribution < -0.4 is 5.32 Å². The summed E-state index contributed by atoms with van der Waals surface area (Å²) in [5.74, 6) is 0.595. The second-order valence-electron chi connectivity index (χ2n) is 4.34. The van der Waals surface area contributed by atoms with Crippen molar-refractivity contribution < 1.29 is 4.39 Å². The molecule has 2 rings (SSSR count). The molecule has 16 heavy (non-hydrogen) atoms. The van der Waals surface area contributed by atoms with Gasteiger partial charge in [-0.3, -0.25) is 0 Å². The van der Waals surface area contributed by atoms with E-state index in [4.69, 9.17) is 11.6 Å². The predicted octanol–water partition coefficient (Wildman–Crippen LogP) is 3.43. The fraction of sp³-hybridized carbons (Fsp3) is 0.583. The minimum absolute atomic E-state index is 0.286. The number of anilines is 1. The quantitative estimate of drug-likeness (QED) is 0.822. The molecule has 1 aliphatic rings. The second kappa shape index (κ2) is 5.48. The van der Waals surface area contributed by atoms with Crippen LogP contribution in [0.2, 0.25) is 0 Å². The van der Waals surface area contributed by atoms with Gasteiger partial charge in [-0.1, -0.05) is 6.42 Å². The van der Waals surface area contributed by atoms with E-state index in [2.05, 4.69) is 10.3 Å². The van der Waals surface area contributed by atoms with Gasteiger partial charge in [0, 0.05) is 18.1 Å². The van der Waals surface area contributed by atoms with Crippen LogP contribution in [-0.4, -0.2) is 16.9 Å². The number of hydrogen-bond donors (Lipinski definition) is 1. The number of aromatic nitrogens is 1. The molecule has 0 aliphatic heterocycles. The van der Waals surface area contributed by atoms with Crippen molar-refractivity contribution in [3.63, 3.8) is 0 Å². The lowest BCUT2D eigenvalue weighted by atomic mass is 9.89. The first-order chi connectivity index (χ1) is 7.75. The molecule has 1 heterocycles. The molecule has 2 unspecified atom stereocenters. The predicted molar refractivity (Wildman–Crippen MR) is 64.3 cm³/mol. The summed E-state index contributed by atoms with van der Waals surface area (Å²) in [6.45, 7) is 0.761. The van der Waals surface area contributed by atoms with E-state index < -0.39 is 0 Å². The lowest BCUT2D eigenvalue weighted by molar-refractivity contribution is 0.378. The average molecular weight is 243 g/mol. The van der Waals surface area contributed by atoms with Crippen LogP contribution in [0.15, 0.2) is 18.3 Å². The third kappa shape index (κ3) is 3.08. The molecule has 4 heteroatoms. The topological polar surface area (TPSA) is 24.9 Å². The lowest BCUT2D eigenvalue weighted by Crippen LogP contribution is -2.23. The van der Waals surface area contributed by atoms with Crippen molar-refractivity contribution in [2.45, 2.75) is 31.1 Å². The molecule has 88 valence electrons. The summed E-state index contributed by atoms with van der Waals surface area (Å²) in [5, 5.41) is 3.34. The monoisotopic (exact) mass is 242 g/mol. The molecule has 1 aliphatic carbocycles. The summed E-state index contributed by atoms with van der Waals surface area (Å²) in [6.07, 6.45) is 6.06. The Bertz CT molecular complexity index is 346. The maximum atomic E-state index is 13.3. The SMILES string of the molecule is Fc1cccnc1NCC1CCCC(Cl)C1. The van der Waals surface area contributed by atoms with E-state index in [0.29, 0.717) is 11.7 Å². The Morgan fingerprint density at radius 2 is 2.38 bits per heavy atom. The van der Waals surface area contributed by atoms with E-state index in [-0.39, 0.29) is 11.2 Å². The standard InChI is InChI=1S/C12H16ClFN2/c13-10-4-1-3-9(7-10)8-16-12-11(14)5-2-6-15-12/h2,5-6,9-10H,1,3-4,7-8H2,(H,15,16). The normalized spacial score (nSPS) is 25.4. The summed E-state index contributed by atoms with van der Waals surface area (Å²) < 4.78 is 13.3. The Kier molecular flexibility index (Phi) is 3.99. The fourth-order valence-corrected chi connectivity index (χ4v) is 2.57. The van der Waals surface area contributed by atoms with Gasteiger partial charge in [0.2, 0.25) is 0 Å². The summed E-state index contributed by atoms with van der Waals surface area (Å²) in [6, 6.07) is 3.01. The van der Waals surface area contributed by atoms with Crippen molar-refractivity contribution in [2.75, 3.05) is 11.9 Å². The number of hydrogen-bond acceptors (Lipinski definition) is 2. The van der Waals surface area contributed by atoms with Crippen molar-refractivity contribution in [1.29, 1.82) is 0 Å². The highest BCUT2D eigenvalue weighted by Gasteiger charge is 2.20. The van der Waals surface area contributed by atoms with Crippen molar-refractivity contribution in [2.24, 2.45) is 5.92 Å². The third-order valence-corrected chi connectivity index (χ3v) is 3.43. The average Bonchev–Trinajstić information content (AvgIpc) is 2.28. The fourth-order valence-electron chi connectivity index (χ4n) is 2.17. The van der Waals surface area contributed by atoms with Crippen LogP contribution in [0.25, 0.3) is 0 Å². The number of rotatable bonds is 3. The van der Waals surface area contributed by atoms with Crippen LogP contribution in [0, 0.1) is 11.7 Å². The molecule has 0 saturated heterocycles. The molecule has 2 atom stereocenters. The zero-order chi connectivity index (χ0) is 11.4. The third-order valence-electron chi connectivity index (χ3n) is 3.04. The van der Waals surface area contributed by atoms with Gasteiger partial charge in [0.15, 0.2) is 11.6 Å². The van der Waals surface area contributed by atoms with Crippen molar-refractivity contribution in [3.8, 4) is 0 Å². The van der Waals surface area contributed by atoms with Crippen molar-refractivity contribution in [3.05, 3.63) is 24.1 Å². The molecule has 2 nitrogen and oxygen atoms in total. The number of halogens is 2. The van der Waals surface area contributed by atoms with Crippen LogP contribution in [-0.2, 0) is 0 Å². The molecule has 0 aromatic carbocycles. The summed E-state index contributed by atoms with van der Waals surface area (Å²) in [4.78, 5) is 3.96. The highest BCUT2D eigenvalue weighted by Crippen LogP contribution is 2.27. The minimum atomic E-state index is -0.291. The van der Waals surface area contributed by atoms with E-state index in [1.807, 2.05) is 0 Å². The summed E-state index contributed by atoms with van der Waals surface area (Å²) >= 11 is 6.11. The first-order valence-electron chi connectivity index (χ1n) is 5.74. The van der Waals surface area contributed by atoms with E-state index in [1.54, 1.807) is 12.3 Å². The van der Waals surface area contributed by atoms with Gasteiger partial charge in [-0.05, 0) is 37.3 Å². The molecule has 0 bridgehead atoms. The highest BCUT2D eigenvalue weighted by molar-refractivity contribution is 6.20. The van der Waals surface area contributed by atoms with E-state index in [9.17, 15) is 4.39 Å². The highest BCUT2D eigenvalue weighted by atomic mass is 35.5. The minimum Gasteiger partial charge on any atom is -0.367 e. The maximum Gasteiger partial charge on any atom is 0.165 e. The molecular formula is C12H16ClFN2. The van der Waals surface area contributed by atoms with Crippen LogP contribution in [0.5, 0.6) is 0 Å².